The van der Waals surface area contributed by atoms with Crippen molar-refractivity contribution in [3.8, 4) is 17.3 Å². The van der Waals surface area contributed by atoms with Crippen molar-refractivity contribution in [1.29, 1.82) is 5.26 Å². The summed E-state index contributed by atoms with van der Waals surface area (Å²) >= 11 is 0. The average molecular weight is 564 g/mol. The van der Waals surface area contributed by atoms with Crippen LogP contribution in [-0.2, 0) is 16.0 Å². The van der Waals surface area contributed by atoms with Gasteiger partial charge in [-0.15, -0.1) is 0 Å². The highest BCUT2D eigenvalue weighted by atomic mass is 16.5. The highest BCUT2D eigenvalue weighted by molar-refractivity contribution is 5.83. The molecule has 2 aliphatic heterocycles. The van der Waals surface area contributed by atoms with Crippen LogP contribution in [0.1, 0.15) is 42.4 Å². The fourth-order valence-corrected chi connectivity index (χ4v) is 5.25. The highest BCUT2D eigenvalue weighted by Crippen LogP contribution is 2.23. The maximum Gasteiger partial charge on any atom is 0.267 e. The predicted molar refractivity (Wildman–Crippen MR) is 165 cm³/mol. The zero-order valence-corrected chi connectivity index (χ0v) is 24.1. The van der Waals surface area contributed by atoms with Crippen molar-refractivity contribution in [3.05, 3.63) is 106 Å². The van der Waals surface area contributed by atoms with Crippen LogP contribution in [0.15, 0.2) is 88.4 Å². The first-order valence-corrected chi connectivity index (χ1v) is 14.6. The lowest BCUT2D eigenvalue weighted by Crippen LogP contribution is -2.37. The zero-order valence-electron chi connectivity index (χ0n) is 24.1. The van der Waals surface area contributed by atoms with Crippen molar-refractivity contribution < 1.29 is 9.47 Å². The molecule has 3 heterocycles. The Kier molecular flexibility index (Phi) is 10.1. The predicted octanol–water partition coefficient (Wildman–Crippen LogP) is 5.29. The lowest BCUT2D eigenvalue weighted by Gasteiger charge is -2.31. The van der Waals surface area contributed by atoms with E-state index in [1.54, 1.807) is 25.3 Å². The van der Waals surface area contributed by atoms with Crippen molar-refractivity contribution in [2.24, 2.45) is 10.9 Å². The van der Waals surface area contributed by atoms with E-state index < -0.39 is 0 Å². The largest absolute Gasteiger partial charge is 0.492 e. The molecule has 0 amide bonds. The van der Waals surface area contributed by atoms with Crippen LogP contribution in [0.5, 0.6) is 0 Å². The fraction of sp³-hybridized carbons (Fsp3) is 0.353. The molecule has 0 N–H and O–H groups in total. The summed E-state index contributed by atoms with van der Waals surface area (Å²) in [6, 6.07) is 20.7. The van der Waals surface area contributed by atoms with E-state index in [4.69, 9.17) is 14.5 Å². The van der Waals surface area contributed by atoms with Gasteiger partial charge in [-0.3, -0.25) is 9.79 Å². The smallest absolute Gasteiger partial charge is 0.267 e. The molecule has 2 aromatic carbocycles. The molecule has 1 aromatic heterocycles. The number of aromatic nitrogens is 2. The quantitative estimate of drug-likeness (QED) is 0.333. The van der Waals surface area contributed by atoms with Gasteiger partial charge >= 0.3 is 0 Å². The van der Waals surface area contributed by atoms with Gasteiger partial charge in [-0.1, -0.05) is 36.4 Å². The number of hydrogen-bond donors (Lipinski definition) is 0. The second kappa shape index (κ2) is 14.5. The van der Waals surface area contributed by atoms with Gasteiger partial charge in [0.05, 0.1) is 49.0 Å². The van der Waals surface area contributed by atoms with Crippen LogP contribution in [0.3, 0.4) is 0 Å². The molecule has 0 radical (unpaired) electrons. The number of aliphatic imine (C=N–C) groups is 1. The number of benzene rings is 2. The molecule has 8 nitrogen and oxygen atoms in total. The zero-order chi connectivity index (χ0) is 29.1. The van der Waals surface area contributed by atoms with E-state index in [-0.39, 0.29) is 5.56 Å². The van der Waals surface area contributed by atoms with Crippen LogP contribution >= 0.6 is 0 Å². The number of ether oxygens (including phenoxy) is 2. The van der Waals surface area contributed by atoms with Crippen molar-refractivity contribution in [3.63, 3.8) is 0 Å². The minimum absolute atomic E-state index is 0.184. The standard InChI is InChI=1S/C34H37N5O3/c1-41-19-18-38-16-14-26(15-17-38)25-42-31-10-2-3-11-32(36-23-31)29-8-5-7-28(21-29)24-39-34(40)13-12-33(37-39)30-9-4-6-27(20-30)22-35/h4-13,20-21,23,26H,2-3,14-19,24-25H2,1H3/b31-10+,32-11+,36-23-. The van der Waals surface area contributed by atoms with E-state index in [1.807, 2.05) is 36.5 Å². The summed E-state index contributed by atoms with van der Waals surface area (Å²) in [5, 5.41) is 13.8. The third-order valence-corrected chi connectivity index (χ3v) is 7.69. The summed E-state index contributed by atoms with van der Waals surface area (Å²) in [6.07, 6.45) is 10.1. The second-order valence-corrected chi connectivity index (χ2v) is 10.7. The summed E-state index contributed by atoms with van der Waals surface area (Å²) in [6.45, 7) is 5.00. The molecular formula is C34H37N5O3. The van der Waals surface area contributed by atoms with Crippen LogP contribution in [0.25, 0.3) is 17.0 Å². The number of nitrogens with zero attached hydrogens (tertiary/aromatic N) is 5. The SMILES string of the molecule is COCCN1CCC(COC2=C/CC/C=C(c3cccc(Cn4nc(-c5cccc(C#N)c5)ccc4=O)c3)/N=C\2)CC1. The third-order valence-electron chi connectivity index (χ3n) is 7.69. The molecule has 0 atom stereocenters. The Morgan fingerprint density at radius 2 is 1.81 bits per heavy atom. The van der Waals surface area contributed by atoms with Gasteiger partial charge in [0.25, 0.3) is 5.56 Å². The van der Waals surface area contributed by atoms with Crippen LogP contribution in [-0.4, -0.2) is 60.9 Å². The van der Waals surface area contributed by atoms with E-state index in [0.717, 1.165) is 80.1 Å². The molecular weight excluding hydrogens is 526 g/mol. The maximum absolute atomic E-state index is 12.7. The number of nitriles is 1. The lowest BCUT2D eigenvalue weighted by atomic mass is 9.98. The van der Waals surface area contributed by atoms with Crippen LogP contribution in [0.4, 0.5) is 0 Å². The van der Waals surface area contributed by atoms with Crippen molar-refractivity contribution in [2.75, 3.05) is 40.0 Å². The van der Waals surface area contributed by atoms with Gasteiger partial charge in [-0.2, -0.15) is 10.4 Å². The van der Waals surface area contributed by atoms with E-state index in [9.17, 15) is 10.1 Å². The van der Waals surface area contributed by atoms with Gasteiger partial charge in [-0.25, -0.2) is 4.68 Å². The van der Waals surface area contributed by atoms with Gasteiger partial charge in [-0.05, 0) is 80.6 Å². The summed E-state index contributed by atoms with van der Waals surface area (Å²) in [7, 11) is 1.75. The molecule has 3 aromatic rings. The first-order valence-electron chi connectivity index (χ1n) is 14.6. The van der Waals surface area contributed by atoms with Gasteiger partial charge in [0.2, 0.25) is 0 Å². The fourth-order valence-electron chi connectivity index (χ4n) is 5.25. The molecule has 2 aliphatic rings. The van der Waals surface area contributed by atoms with Crippen LogP contribution in [0, 0.1) is 17.2 Å². The van der Waals surface area contributed by atoms with E-state index in [0.29, 0.717) is 30.3 Å². The second-order valence-electron chi connectivity index (χ2n) is 10.7. The minimum Gasteiger partial charge on any atom is -0.492 e. The molecule has 8 heteroatoms. The Morgan fingerprint density at radius 3 is 2.64 bits per heavy atom. The summed E-state index contributed by atoms with van der Waals surface area (Å²) in [5.74, 6) is 1.38. The summed E-state index contributed by atoms with van der Waals surface area (Å²) in [4.78, 5) is 19.9. The van der Waals surface area contributed by atoms with Gasteiger partial charge in [0.1, 0.15) is 5.76 Å². The van der Waals surface area contributed by atoms with Crippen molar-refractivity contribution in [1.82, 2.24) is 14.7 Å². The summed E-state index contributed by atoms with van der Waals surface area (Å²) < 4.78 is 12.9. The van der Waals surface area contributed by atoms with Crippen LogP contribution < -0.4 is 5.56 Å². The van der Waals surface area contributed by atoms with E-state index in [2.05, 4.69) is 34.3 Å². The first-order chi connectivity index (χ1) is 20.6. The molecule has 1 saturated heterocycles. The van der Waals surface area contributed by atoms with Gasteiger partial charge in [0.15, 0.2) is 0 Å². The number of methoxy groups -OCH3 is 1. The molecule has 0 bridgehead atoms. The van der Waals surface area contributed by atoms with E-state index in [1.165, 1.54) is 10.7 Å². The number of likely N-dealkylation sites (tertiary alicyclic amines) is 1. The summed E-state index contributed by atoms with van der Waals surface area (Å²) in [5.41, 5.74) is 4.63. The average Bonchev–Trinajstić information content (AvgIpc) is 3.01. The molecule has 216 valence electrons. The third kappa shape index (κ3) is 7.90. The van der Waals surface area contributed by atoms with Gasteiger partial charge < -0.3 is 14.4 Å². The number of piperidine rings is 1. The Bertz CT molecular complexity index is 1560. The monoisotopic (exact) mass is 563 g/mol. The Morgan fingerprint density at radius 1 is 1.00 bits per heavy atom. The highest BCUT2D eigenvalue weighted by Gasteiger charge is 2.19. The Labute approximate surface area is 247 Å². The number of allylic oxidation sites excluding steroid dienone is 3. The Hall–Kier alpha value is -4.32. The number of hydrogen-bond acceptors (Lipinski definition) is 7. The van der Waals surface area contributed by atoms with Crippen molar-refractivity contribution in [2.45, 2.75) is 32.2 Å². The molecule has 42 heavy (non-hydrogen) atoms. The Balaban J connectivity index is 1.23. The molecule has 1 fully saturated rings. The minimum atomic E-state index is -0.184. The van der Waals surface area contributed by atoms with Crippen molar-refractivity contribution >= 4 is 11.9 Å². The topological polar surface area (TPSA) is 92.7 Å². The van der Waals surface area contributed by atoms with Gasteiger partial charge in [0, 0.05) is 30.8 Å². The maximum atomic E-state index is 12.7. The van der Waals surface area contributed by atoms with Crippen LogP contribution in [0.2, 0.25) is 0 Å². The molecule has 0 spiro atoms. The number of rotatable bonds is 10. The molecule has 0 saturated carbocycles. The normalized spacial score (nSPS) is 19.4. The lowest BCUT2D eigenvalue weighted by molar-refractivity contribution is 0.0915. The molecule has 0 unspecified atom stereocenters. The molecule has 0 aliphatic carbocycles. The first kappa shape index (κ1) is 29.2. The molecule has 5 rings (SSSR count). The van der Waals surface area contributed by atoms with E-state index >= 15 is 0 Å².